The number of aromatic nitrogens is 2. The largest absolute Gasteiger partial charge is 0.475 e. The maximum Gasteiger partial charge on any atom is 0.416 e. The second-order valence-electron chi connectivity index (χ2n) is 6.75. The van der Waals surface area contributed by atoms with Crippen molar-refractivity contribution in [3.8, 4) is 17.1 Å². The van der Waals surface area contributed by atoms with Gasteiger partial charge in [-0.15, -0.1) is 10.2 Å². The summed E-state index contributed by atoms with van der Waals surface area (Å²) in [4.78, 5) is -1.20. The summed E-state index contributed by atoms with van der Waals surface area (Å²) in [6.07, 6.45) is -10.4. The van der Waals surface area contributed by atoms with Crippen LogP contribution in [0.3, 0.4) is 0 Å². The molecule has 2 aromatic carbocycles. The SMILES string of the molecule is O=S(=O)(NCCOc1ccc(-c2ccc(F)cc2)nn1)c1cc(C(F)(F)F)cc(C(F)(F)F)c1. The third-order valence-electron chi connectivity index (χ3n) is 4.30. The first-order chi connectivity index (χ1) is 15.8. The molecular weight excluding hydrogens is 495 g/mol. The molecule has 1 heterocycles. The van der Waals surface area contributed by atoms with Crippen LogP contribution in [-0.4, -0.2) is 31.8 Å². The van der Waals surface area contributed by atoms with E-state index in [2.05, 4.69) is 10.2 Å². The quantitative estimate of drug-likeness (QED) is 0.370. The first-order valence-corrected chi connectivity index (χ1v) is 10.8. The lowest BCUT2D eigenvalue weighted by Crippen LogP contribution is -2.29. The first kappa shape index (κ1) is 25.4. The van der Waals surface area contributed by atoms with E-state index in [-0.39, 0.29) is 30.7 Å². The molecule has 0 aliphatic carbocycles. The molecule has 0 saturated carbocycles. The van der Waals surface area contributed by atoms with E-state index in [1.807, 2.05) is 4.72 Å². The molecule has 1 N–H and O–H groups in total. The van der Waals surface area contributed by atoms with Gasteiger partial charge in [0.05, 0.1) is 21.7 Å². The highest BCUT2D eigenvalue weighted by Crippen LogP contribution is 2.37. The second kappa shape index (κ2) is 9.54. The average Bonchev–Trinajstić information content (AvgIpc) is 2.76. The van der Waals surface area contributed by atoms with Gasteiger partial charge in [-0.2, -0.15) is 26.3 Å². The van der Waals surface area contributed by atoms with Crippen LogP contribution in [0.2, 0.25) is 0 Å². The van der Waals surface area contributed by atoms with Crippen LogP contribution in [0.1, 0.15) is 11.1 Å². The van der Waals surface area contributed by atoms with Crippen LogP contribution in [-0.2, 0) is 22.4 Å². The Kier molecular flexibility index (Phi) is 7.12. The van der Waals surface area contributed by atoms with Gasteiger partial charge in [-0.1, -0.05) is 0 Å². The Morgan fingerprint density at radius 1 is 0.824 bits per heavy atom. The van der Waals surface area contributed by atoms with E-state index in [1.54, 1.807) is 0 Å². The van der Waals surface area contributed by atoms with Gasteiger partial charge in [0.15, 0.2) is 0 Å². The molecule has 182 valence electrons. The predicted molar refractivity (Wildman–Crippen MR) is 105 cm³/mol. The van der Waals surface area contributed by atoms with Crippen molar-refractivity contribution < 1.29 is 43.9 Å². The third-order valence-corrected chi connectivity index (χ3v) is 5.74. The molecule has 0 saturated heterocycles. The zero-order chi connectivity index (χ0) is 25.1. The monoisotopic (exact) mass is 509 g/mol. The lowest BCUT2D eigenvalue weighted by molar-refractivity contribution is -0.143. The number of hydrogen-bond donors (Lipinski definition) is 1. The van der Waals surface area contributed by atoms with E-state index < -0.39 is 50.8 Å². The van der Waals surface area contributed by atoms with Crippen molar-refractivity contribution >= 4 is 10.0 Å². The lowest BCUT2D eigenvalue weighted by Gasteiger charge is -2.15. The third kappa shape index (κ3) is 6.41. The van der Waals surface area contributed by atoms with Crippen LogP contribution >= 0.6 is 0 Å². The number of rotatable bonds is 7. The number of nitrogens with one attached hydrogen (secondary N) is 1. The Balaban J connectivity index is 1.65. The summed E-state index contributed by atoms with van der Waals surface area (Å²) in [5.41, 5.74) is -2.53. The maximum atomic E-state index is 13.0. The summed E-state index contributed by atoms with van der Waals surface area (Å²) in [5.74, 6) is -0.456. The molecule has 0 unspecified atom stereocenters. The number of sulfonamides is 1. The molecule has 1 aromatic heterocycles. The fraction of sp³-hybridized carbons (Fsp3) is 0.200. The minimum atomic E-state index is -5.19. The van der Waals surface area contributed by atoms with E-state index in [9.17, 15) is 39.2 Å². The number of alkyl halides is 6. The van der Waals surface area contributed by atoms with Crippen LogP contribution in [0.4, 0.5) is 30.7 Å². The van der Waals surface area contributed by atoms with Crippen molar-refractivity contribution in [2.24, 2.45) is 0 Å². The number of halogens is 7. The van der Waals surface area contributed by atoms with Crippen molar-refractivity contribution in [2.75, 3.05) is 13.2 Å². The van der Waals surface area contributed by atoms with Gasteiger partial charge in [-0.3, -0.25) is 0 Å². The molecule has 3 aromatic rings. The average molecular weight is 509 g/mol. The fourth-order valence-electron chi connectivity index (χ4n) is 2.67. The molecular formula is C20H14F7N3O3S. The van der Waals surface area contributed by atoms with E-state index in [1.165, 1.54) is 36.4 Å². The Bertz CT molecular complexity index is 1210. The van der Waals surface area contributed by atoms with Crippen LogP contribution in [0.5, 0.6) is 5.88 Å². The molecule has 0 amide bonds. The van der Waals surface area contributed by atoms with Gasteiger partial charge >= 0.3 is 12.4 Å². The number of hydrogen-bond acceptors (Lipinski definition) is 5. The van der Waals surface area contributed by atoms with Crippen LogP contribution in [0.15, 0.2) is 59.5 Å². The van der Waals surface area contributed by atoms with Gasteiger partial charge < -0.3 is 4.74 Å². The highest BCUT2D eigenvalue weighted by atomic mass is 32.2. The van der Waals surface area contributed by atoms with Crippen molar-refractivity contribution in [3.63, 3.8) is 0 Å². The summed E-state index contributed by atoms with van der Waals surface area (Å²) in [6, 6.07) is 8.36. The van der Waals surface area contributed by atoms with Gasteiger partial charge in [0, 0.05) is 18.2 Å². The first-order valence-electron chi connectivity index (χ1n) is 9.27. The van der Waals surface area contributed by atoms with Gasteiger partial charge in [-0.05, 0) is 48.5 Å². The highest BCUT2D eigenvalue weighted by Gasteiger charge is 2.38. The molecule has 34 heavy (non-hydrogen) atoms. The maximum absolute atomic E-state index is 13.0. The number of benzene rings is 2. The van der Waals surface area contributed by atoms with Crippen molar-refractivity contribution in [2.45, 2.75) is 17.2 Å². The molecule has 0 atom stereocenters. The zero-order valence-electron chi connectivity index (χ0n) is 16.8. The van der Waals surface area contributed by atoms with Crippen molar-refractivity contribution in [3.05, 3.63) is 71.5 Å². The molecule has 0 aliphatic rings. The summed E-state index contributed by atoms with van der Waals surface area (Å²) in [6.45, 7) is -0.837. The van der Waals surface area contributed by atoms with Crippen LogP contribution in [0.25, 0.3) is 11.3 Å². The Hall–Kier alpha value is -3.26. The Morgan fingerprint density at radius 2 is 1.41 bits per heavy atom. The smallest absolute Gasteiger partial charge is 0.416 e. The molecule has 0 spiro atoms. The van der Waals surface area contributed by atoms with Crippen LogP contribution < -0.4 is 9.46 Å². The van der Waals surface area contributed by atoms with Crippen molar-refractivity contribution in [1.82, 2.24) is 14.9 Å². The molecule has 0 fully saturated rings. The minimum Gasteiger partial charge on any atom is -0.475 e. The predicted octanol–water partition coefficient (Wildman–Crippen LogP) is 4.68. The minimum absolute atomic E-state index is 0.0245. The number of nitrogens with zero attached hydrogens (tertiary/aromatic N) is 2. The topological polar surface area (TPSA) is 81.2 Å². The molecule has 0 aliphatic heterocycles. The lowest BCUT2D eigenvalue weighted by atomic mass is 10.1. The molecule has 6 nitrogen and oxygen atoms in total. The van der Waals surface area contributed by atoms with Gasteiger partial charge in [0.2, 0.25) is 15.9 Å². The highest BCUT2D eigenvalue weighted by molar-refractivity contribution is 7.89. The van der Waals surface area contributed by atoms with E-state index in [0.29, 0.717) is 11.3 Å². The normalized spacial score (nSPS) is 12.6. The Labute approximate surface area is 188 Å². The summed E-state index contributed by atoms with van der Waals surface area (Å²) < 4.78 is 122. The van der Waals surface area contributed by atoms with Gasteiger partial charge in [-0.25, -0.2) is 17.5 Å². The summed E-state index contributed by atoms with van der Waals surface area (Å²) in [7, 11) is -4.72. The molecule has 14 heteroatoms. The number of ether oxygens (including phenoxy) is 1. The molecule has 0 bridgehead atoms. The van der Waals surface area contributed by atoms with E-state index in [0.717, 1.165) is 0 Å². The summed E-state index contributed by atoms with van der Waals surface area (Å²) >= 11 is 0. The van der Waals surface area contributed by atoms with E-state index in [4.69, 9.17) is 4.74 Å². The van der Waals surface area contributed by atoms with Crippen molar-refractivity contribution in [1.29, 1.82) is 0 Å². The van der Waals surface area contributed by atoms with Gasteiger partial charge in [0.1, 0.15) is 12.4 Å². The summed E-state index contributed by atoms with van der Waals surface area (Å²) in [5, 5.41) is 7.62. The van der Waals surface area contributed by atoms with Crippen LogP contribution in [0, 0.1) is 5.82 Å². The second-order valence-corrected chi connectivity index (χ2v) is 8.52. The fourth-order valence-corrected chi connectivity index (χ4v) is 3.75. The van der Waals surface area contributed by atoms with E-state index >= 15 is 0 Å². The standard InChI is InChI=1S/C20H14F7N3O3S/c21-15-3-1-12(2-4-15)17-5-6-18(30-29-17)33-8-7-28-34(31,32)16-10-13(19(22,23)24)9-14(11-16)20(25,26)27/h1-6,9-11,28H,7-8H2. The molecule has 0 radical (unpaired) electrons. The Morgan fingerprint density at radius 3 is 1.91 bits per heavy atom. The zero-order valence-corrected chi connectivity index (χ0v) is 17.6. The van der Waals surface area contributed by atoms with Gasteiger partial charge in [0.25, 0.3) is 0 Å². The molecule has 3 rings (SSSR count).